The number of nitrogens with one attached hydrogen (secondary N) is 1. The van der Waals surface area contributed by atoms with Gasteiger partial charge in [-0.05, 0) is 37.3 Å². The molecule has 0 aliphatic carbocycles. The Morgan fingerprint density at radius 2 is 1.84 bits per heavy atom. The summed E-state index contributed by atoms with van der Waals surface area (Å²) in [5.41, 5.74) is 4.90. The molecule has 2 aromatic heterocycles. The number of carbonyl (C=O) groups is 1. The summed E-state index contributed by atoms with van der Waals surface area (Å²) in [5, 5.41) is 6.92. The van der Waals surface area contributed by atoms with Crippen LogP contribution >= 0.6 is 0 Å². The van der Waals surface area contributed by atoms with E-state index in [-0.39, 0.29) is 0 Å². The molecule has 128 valence electrons. The standard InChI is InChI=1S/C19H20N4O2/c1-4-25-19(24)18-12-17(21-22-18)14-9-10-20-16(11-14)13-5-7-15(8-6-13)23(2)3/h5-12H,4H2,1-3H3,(H,21,22). The van der Waals surface area contributed by atoms with Gasteiger partial charge in [0, 0.05) is 37.1 Å². The van der Waals surface area contributed by atoms with Gasteiger partial charge in [0.15, 0.2) is 0 Å². The zero-order chi connectivity index (χ0) is 17.8. The van der Waals surface area contributed by atoms with Gasteiger partial charge >= 0.3 is 5.97 Å². The van der Waals surface area contributed by atoms with Crippen molar-refractivity contribution >= 4 is 11.7 Å². The molecule has 0 unspecified atom stereocenters. The van der Waals surface area contributed by atoms with E-state index >= 15 is 0 Å². The van der Waals surface area contributed by atoms with Crippen LogP contribution in [0.15, 0.2) is 48.7 Å². The SMILES string of the molecule is CCOC(=O)c1cc(-c2ccnc(-c3ccc(N(C)C)cc3)c2)n[nH]1. The average Bonchev–Trinajstić information content (AvgIpc) is 3.12. The molecule has 0 fully saturated rings. The lowest BCUT2D eigenvalue weighted by Crippen LogP contribution is -2.07. The molecule has 25 heavy (non-hydrogen) atoms. The molecule has 0 spiro atoms. The van der Waals surface area contributed by atoms with Gasteiger partial charge in [0.05, 0.1) is 18.0 Å². The Morgan fingerprint density at radius 1 is 1.08 bits per heavy atom. The number of ether oxygens (including phenoxy) is 1. The highest BCUT2D eigenvalue weighted by atomic mass is 16.5. The van der Waals surface area contributed by atoms with E-state index in [1.165, 1.54) is 0 Å². The summed E-state index contributed by atoms with van der Waals surface area (Å²) in [7, 11) is 4.01. The normalized spacial score (nSPS) is 10.5. The first kappa shape index (κ1) is 16.7. The van der Waals surface area contributed by atoms with Crippen molar-refractivity contribution in [3.05, 3.63) is 54.4 Å². The maximum absolute atomic E-state index is 11.8. The van der Waals surface area contributed by atoms with E-state index in [9.17, 15) is 4.79 Å². The number of hydrogen-bond acceptors (Lipinski definition) is 5. The molecule has 0 saturated carbocycles. The molecule has 2 heterocycles. The third kappa shape index (κ3) is 3.68. The van der Waals surface area contributed by atoms with Crippen LogP contribution in [-0.4, -0.2) is 41.9 Å². The topological polar surface area (TPSA) is 71.1 Å². The zero-order valence-electron chi connectivity index (χ0n) is 14.5. The Balaban J connectivity index is 1.88. The van der Waals surface area contributed by atoms with Gasteiger partial charge in [-0.3, -0.25) is 10.1 Å². The van der Waals surface area contributed by atoms with Crippen molar-refractivity contribution in [3.8, 4) is 22.5 Å². The van der Waals surface area contributed by atoms with Gasteiger partial charge in [0.25, 0.3) is 0 Å². The summed E-state index contributed by atoms with van der Waals surface area (Å²) in [4.78, 5) is 18.2. The summed E-state index contributed by atoms with van der Waals surface area (Å²) in [5.74, 6) is -0.408. The molecule has 0 aliphatic heterocycles. The fraction of sp³-hybridized carbons (Fsp3) is 0.211. The molecule has 1 aromatic carbocycles. The quantitative estimate of drug-likeness (QED) is 0.723. The van der Waals surface area contributed by atoms with E-state index in [4.69, 9.17) is 4.74 Å². The molecule has 3 rings (SSSR count). The molecule has 0 aliphatic rings. The summed E-state index contributed by atoms with van der Waals surface area (Å²) >= 11 is 0. The van der Waals surface area contributed by atoms with E-state index in [1.807, 2.05) is 43.3 Å². The Bertz CT molecular complexity index is 869. The van der Waals surface area contributed by atoms with Crippen LogP contribution in [0, 0.1) is 0 Å². The van der Waals surface area contributed by atoms with Crippen LogP contribution in [-0.2, 0) is 4.74 Å². The van der Waals surface area contributed by atoms with Crippen LogP contribution in [0.1, 0.15) is 17.4 Å². The number of rotatable bonds is 5. The third-order valence-electron chi connectivity index (χ3n) is 3.81. The minimum atomic E-state index is -0.408. The molecular formula is C19H20N4O2. The van der Waals surface area contributed by atoms with Gasteiger partial charge in [-0.1, -0.05) is 12.1 Å². The predicted molar refractivity (Wildman–Crippen MR) is 97.5 cm³/mol. The summed E-state index contributed by atoms with van der Waals surface area (Å²) in [6.45, 7) is 2.10. The number of anilines is 1. The Hall–Kier alpha value is -3.15. The van der Waals surface area contributed by atoms with Crippen molar-refractivity contribution in [3.63, 3.8) is 0 Å². The lowest BCUT2D eigenvalue weighted by Gasteiger charge is -2.12. The fourth-order valence-electron chi connectivity index (χ4n) is 2.46. The average molecular weight is 336 g/mol. The smallest absolute Gasteiger partial charge is 0.356 e. The Kier molecular flexibility index (Phi) is 4.79. The van der Waals surface area contributed by atoms with Crippen molar-refractivity contribution < 1.29 is 9.53 Å². The summed E-state index contributed by atoms with van der Waals surface area (Å²) in [6, 6.07) is 13.7. The molecule has 0 radical (unpaired) electrons. The minimum Gasteiger partial charge on any atom is -0.461 e. The van der Waals surface area contributed by atoms with E-state index in [0.717, 1.165) is 22.5 Å². The number of nitrogens with zero attached hydrogens (tertiary/aromatic N) is 3. The van der Waals surface area contributed by atoms with Gasteiger partial charge in [-0.25, -0.2) is 4.79 Å². The Labute approximate surface area is 146 Å². The monoisotopic (exact) mass is 336 g/mol. The van der Waals surface area contributed by atoms with Crippen molar-refractivity contribution in [2.24, 2.45) is 0 Å². The van der Waals surface area contributed by atoms with Gasteiger partial charge in [0.1, 0.15) is 5.69 Å². The van der Waals surface area contributed by atoms with Crippen molar-refractivity contribution in [1.82, 2.24) is 15.2 Å². The second kappa shape index (κ2) is 7.17. The lowest BCUT2D eigenvalue weighted by molar-refractivity contribution is 0.0519. The summed E-state index contributed by atoms with van der Waals surface area (Å²) in [6.07, 6.45) is 1.74. The maximum Gasteiger partial charge on any atom is 0.356 e. The van der Waals surface area contributed by atoms with Gasteiger partial charge in [-0.2, -0.15) is 5.10 Å². The second-order valence-corrected chi connectivity index (χ2v) is 5.76. The number of esters is 1. The molecule has 0 bridgehead atoms. The second-order valence-electron chi connectivity index (χ2n) is 5.76. The fourth-order valence-corrected chi connectivity index (χ4v) is 2.46. The Morgan fingerprint density at radius 3 is 2.52 bits per heavy atom. The highest BCUT2D eigenvalue weighted by Crippen LogP contribution is 2.25. The van der Waals surface area contributed by atoms with Crippen molar-refractivity contribution in [2.45, 2.75) is 6.92 Å². The van der Waals surface area contributed by atoms with Gasteiger partial charge < -0.3 is 9.64 Å². The van der Waals surface area contributed by atoms with Crippen LogP contribution in [0.3, 0.4) is 0 Å². The predicted octanol–water partition coefficient (Wildman–Crippen LogP) is 3.38. The van der Waals surface area contributed by atoms with Crippen LogP contribution in [0.25, 0.3) is 22.5 Å². The number of carbonyl (C=O) groups excluding carboxylic acids is 1. The number of H-pyrrole nitrogens is 1. The highest BCUT2D eigenvalue weighted by molar-refractivity contribution is 5.88. The molecule has 6 nitrogen and oxygen atoms in total. The van der Waals surface area contributed by atoms with Crippen molar-refractivity contribution in [2.75, 3.05) is 25.6 Å². The minimum absolute atomic E-state index is 0.329. The first-order valence-electron chi connectivity index (χ1n) is 8.05. The molecule has 6 heteroatoms. The first-order chi connectivity index (χ1) is 12.1. The van der Waals surface area contributed by atoms with Gasteiger partial charge in [-0.15, -0.1) is 0 Å². The lowest BCUT2D eigenvalue weighted by atomic mass is 10.1. The maximum atomic E-state index is 11.8. The third-order valence-corrected chi connectivity index (χ3v) is 3.81. The number of pyridine rings is 1. The number of hydrogen-bond donors (Lipinski definition) is 1. The number of aromatic amines is 1. The van der Waals surface area contributed by atoms with E-state index in [2.05, 4.69) is 27.3 Å². The van der Waals surface area contributed by atoms with E-state index in [0.29, 0.717) is 18.0 Å². The first-order valence-corrected chi connectivity index (χ1v) is 8.05. The van der Waals surface area contributed by atoms with E-state index in [1.54, 1.807) is 19.2 Å². The molecule has 3 aromatic rings. The molecule has 0 saturated heterocycles. The summed E-state index contributed by atoms with van der Waals surface area (Å²) < 4.78 is 4.97. The largest absolute Gasteiger partial charge is 0.461 e. The number of aromatic nitrogens is 3. The number of benzene rings is 1. The van der Waals surface area contributed by atoms with Crippen LogP contribution < -0.4 is 4.90 Å². The molecule has 1 N–H and O–H groups in total. The highest BCUT2D eigenvalue weighted by Gasteiger charge is 2.12. The van der Waals surface area contributed by atoms with Crippen LogP contribution in [0.5, 0.6) is 0 Å². The zero-order valence-corrected chi connectivity index (χ0v) is 14.5. The molecular weight excluding hydrogens is 316 g/mol. The molecule has 0 atom stereocenters. The van der Waals surface area contributed by atoms with Gasteiger partial charge in [0.2, 0.25) is 0 Å². The van der Waals surface area contributed by atoms with E-state index < -0.39 is 5.97 Å². The van der Waals surface area contributed by atoms with Crippen molar-refractivity contribution in [1.29, 1.82) is 0 Å². The van der Waals surface area contributed by atoms with Crippen LogP contribution in [0.2, 0.25) is 0 Å². The van der Waals surface area contributed by atoms with Crippen LogP contribution in [0.4, 0.5) is 5.69 Å². The molecule has 0 amide bonds.